The molecule has 0 radical (unpaired) electrons. The molecule has 3 rings (SSSR count). The minimum Gasteiger partial charge on any atom is -0.356 e. The van der Waals surface area contributed by atoms with E-state index in [1.165, 1.54) is 12.1 Å². The van der Waals surface area contributed by atoms with Crippen LogP contribution in [0, 0.1) is 24.5 Å². The van der Waals surface area contributed by atoms with E-state index in [0.717, 1.165) is 36.6 Å². The van der Waals surface area contributed by atoms with E-state index in [2.05, 4.69) is 14.9 Å². The smallest absolute Gasteiger partial charge is 0.159 e. The van der Waals surface area contributed by atoms with Gasteiger partial charge in [0.2, 0.25) is 0 Å². The zero-order valence-electron chi connectivity index (χ0n) is 11.2. The van der Waals surface area contributed by atoms with Crippen molar-refractivity contribution in [1.29, 1.82) is 0 Å². The quantitative estimate of drug-likeness (QED) is 0.862. The fourth-order valence-electron chi connectivity index (χ4n) is 2.50. The molecule has 0 N–H and O–H groups in total. The lowest BCUT2D eigenvalue weighted by atomic mass is 9.92. The predicted molar refractivity (Wildman–Crippen MR) is 72.5 cm³/mol. The average Bonchev–Trinajstić information content (AvgIpc) is 2.37. The molecule has 1 aromatic carbocycles. The summed E-state index contributed by atoms with van der Waals surface area (Å²) in [6.07, 6.45) is 2.32. The van der Waals surface area contributed by atoms with Crippen LogP contribution in [0.25, 0.3) is 0 Å². The van der Waals surface area contributed by atoms with E-state index < -0.39 is 11.6 Å². The number of halogens is 2. The van der Waals surface area contributed by atoms with Crippen LogP contribution in [-0.2, 0) is 6.42 Å². The summed E-state index contributed by atoms with van der Waals surface area (Å²) >= 11 is 0. The molecule has 5 heteroatoms. The molecule has 1 aliphatic rings. The van der Waals surface area contributed by atoms with Crippen molar-refractivity contribution in [1.82, 2.24) is 9.97 Å². The molecule has 2 heterocycles. The number of aromatic nitrogens is 2. The minimum absolute atomic E-state index is 0.454. The monoisotopic (exact) mass is 275 g/mol. The molecule has 0 saturated carbocycles. The van der Waals surface area contributed by atoms with Crippen molar-refractivity contribution in [2.45, 2.75) is 13.3 Å². The Morgan fingerprint density at radius 1 is 1.15 bits per heavy atom. The lowest BCUT2D eigenvalue weighted by Gasteiger charge is -2.40. The summed E-state index contributed by atoms with van der Waals surface area (Å²) in [6, 6.07) is 6.07. The maximum atomic E-state index is 13.1. The van der Waals surface area contributed by atoms with Crippen molar-refractivity contribution >= 4 is 5.82 Å². The number of rotatable bonds is 3. The van der Waals surface area contributed by atoms with E-state index in [-0.39, 0.29) is 0 Å². The zero-order chi connectivity index (χ0) is 14.1. The van der Waals surface area contributed by atoms with Gasteiger partial charge in [-0.05, 0) is 37.0 Å². The number of anilines is 1. The third kappa shape index (κ3) is 2.61. The first kappa shape index (κ1) is 13.0. The SMILES string of the molecule is Cc1cc(N2CC(Cc3ccc(F)c(F)c3)C2)ncn1. The molecule has 0 atom stereocenters. The van der Waals surface area contributed by atoms with Gasteiger partial charge in [0.1, 0.15) is 12.1 Å². The van der Waals surface area contributed by atoms with Gasteiger partial charge in [-0.1, -0.05) is 6.07 Å². The van der Waals surface area contributed by atoms with E-state index in [9.17, 15) is 8.78 Å². The molecule has 1 aromatic heterocycles. The highest BCUT2D eigenvalue weighted by molar-refractivity contribution is 5.42. The summed E-state index contributed by atoms with van der Waals surface area (Å²) in [5.41, 5.74) is 1.78. The van der Waals surface area contributed by atoms with Gasteiger partial charge in [-0.25, -0.2) is 18.7 Å². The second kappa shape index (κ2) is 5.15. The van der Waals surface area contributed by atoms with Crippen LogP contribution in [0.1, 0.15) is 11.3 Å². The van der Waals surface area contributed by atoms with Crippen LogP contribution in [0.5, 0.6) is 0 Å². The Morgan fingerprint density at radius 2 is 1.95 bits per heavy atom. The van der Waals surface area contributed by atoms with Crippen molar-refractivity contribution in [3.8, 4) is 0 Å². The normalized spacial score (nSPS) is 15.2. The van der Waals surface area contributed by atoms with Crippen LogP contribution in [0.2, 0.25) is 0 Å². The molecule has 20 heavy (non-hydrogen) atoms. The fraction of sp³-hybridized carbons (Fsp3) is 0.333. The third-order valence-corrected chi connectivity index (χ3v) is 3.58. The minimum atomic E-state index is -0.791. The molecule has 0 bridgehead atoms. The van der Waals surface area contributed by atoms with Crippen LogP contribution >= 0.6 is 0 Å². The Kier molecular flexibility index (Phi) is 3.34. The molecule has 0 spiro atoms. The highest BCUT2D eigenvalue weighted by atomic mass is 19.2. The van der Waals surface area contributed by atoms with Gasteiger partial charge in [0.15, 0.2) is 11.6 Å². The topological polar surface area (TPSA) is 29.0 Å². The lowest BCUT2D eigenvalue weighted by Crippen LogP contribution is -2.48. The van der Waals surface area contributed by atoms with Crippen molar-refractivity contribution in [3.63, 3.8) is 0 Å². The van der Waals surface area contributed by atoms with Gasteiger partial charge in [-0.3, -0.25) is 0 Å². The molecule has 1 aliphatic heterocycles. The van der Waals surface area contributed by atoms with Gasteiger partial charge in [0.05, 0.1) is 0 Å². The molecule has 1 saturated heterocycles. The summed E-state index contributed by atoms with van der Waals surface area (Å²) in [5.74, 6) is -0.181. The predicted octanol–water partition coefficient (Wildman–Crippen LogP) is 2.74. The van der Waals surface area contributed by atoms with E-state index in [1.54, 1.807) is 12.4 Å². The first-order valence-electron chi connectivity index (χ1n) is 6.59. The first-order valence-corrected chi connectivity index (χ1v) is 6.59. The van der Waals surface area contributed by atoms with Gasteiger partial charge in [-0.15, -0.1) is 0 Å². The number of nitrogens with zero attached hydrogens (tertiary/aromatic N) is 3. The number of hydrogen-bond acceptors (Lipinski definition) is 3. The maximum absolute atomic E-state index is 13.1. The molecule has 0 amide bonds. The molecule has 2 aromatic rings. The summed E-state index contributed by atoms with van der Waals surface area (Å²) in [7, 11) is 0. The number of benzene rings is 1. The van der Waals surface area contributed by atoms with Crippen LogP contribution < -0.4 is 4.90 Å². The number of aryl methyl sites for hydroxylation is 1. The summed E-state index contributed by atoms with van der Waals surface area (Å²) in [5, 5.41) is 0. The average molecular weight is 275 g/mol. The second-order valence-electron chi connectivity index (χ2n) is 5.24. The molecular weight excluding hydrogens is 260 g/mol. The standard InChI is InChI=1S/C15H15F2N3/c1-10-4-15(19-9-18-10)20-7-12(8-20)5-11-2-3-13(16)14(17)6-11/h2-4,6,9,12H,5,7-8H2,1H3. The third-order valence-electron chi connectivity index (χ3n) is 3.58. The van der Waals surface area contributed by atoms with Crippen molar-refractivity contribution < 1.29 is 8.78 Å². The van der Waals surface area contributed by atoms with Crippen molar-refractivity contribution in [2.75, 3.05) is 18.0 Å². The highest BCUT2D eigenvalue weighted by Gasteiger charge is 2.28. The largest absolute Gasteiger partial charge is 0.356 e. The Labute approximate surface area is 116 Å². The Morgan fingerprint density at radius 3 is 2.65 bits per heavy atom. The number of hydrogen-bond donors (Lipinski definition) is 0. The van der Waals surface area contributed by atoms with Gasteiger partial charge < -0.3 is 4.90 Å². The van der Waals surface area contributed by atoms with Crippen LogP contribution in [0.3, 0.4) is 0 Å². The van der Waals surface area contributed by atoms with E-state index in [1.807, 2.05) is 13.0 Å². The molecule has 0 unspecified atom stereocenters. The lowest BCUT2D eigenvalue weighted by molar-refractivity contribution is 0.403. The fourth-order valence-corrected chi connectivity index (χ4v) is 2.50. The molecular formula is C15H15F2N3. The summed E-state index contributed by atoms with van der Waals surface area (Å²) < 4.78 is 26.0. The molecule has 3 nitrogen and oxygen atoms in total. The van der Waals surface area contributed by atoms with Gasteiger partial charge >= 0.3 is 0 Å². The van der Waals surface area contributed by atoms with E-state index in [4.69, 9.17) is 0 Å². The van der Waals surface area contributed by atoms with Gasteiger partial charge in [0.25, 0.3) is 0 Å². The van der Waals surface area contributed by atoms with E-state index in [0.29, 0.717) is 5.92 Å². The van der Waals surface area contributed by atoms with E-state index >= 15 is 0 Å². The Hall–Kier alpha value is -2.04. The van der Waals surface area contributed by atoms with Crippen molar-refractivity contribution in [2.24, 2.45) is 5.92 Å². The van der Waals surface area contributed by atoms with Crippen molar-refractivity contribution in [3.05, 3.63) is 53.5 Å². The Balaban J connectivity index is 1.59. The summed E-state index contributed by atoms with van der Waals surface area (Å²) in [6.45, 7) is 3.70. The van der Waals surface area contributed by atoms with Gasteiger partial charge in [0, 0.05) is 24.8 Å². The Bertz CT molecular complexity index is 624. The van der Waals surface area contributed by atoms with Gasteiger partial charge in [-0.2, -0.15) is 0 Å². The summed E-state index contributed by atoms with van der Waals surface area (Å²) in [4.78, 5) is 10.5. The molecule has 0 aliphatic carbocycles. The highest BCUT2D eigenvalue weighted by Crippen LogP contribution is 2.25. The van der Waals surface area contributed by atoms with Crippen LogP contribution in [0.15, 0.2) is 30.6 Å². The zero-order valence-corrected chi connectivity index (χ0v) is 11.2. The maximum Gasteiger partial charge on any atom is 0.159 e. The molecule has 1 fully saturated rings. The molecule has 104 valence electrons. The first-order chi connectivity index (χ1) is 9.61. The second-order valence-corrected chi connectivity index (χ2v) is 5.24. The van der Waals surface area contributed by atoms with Crippen LogP contribution in [0.4, 0.5) is 14.6 Å². The van der Waals surface area contributed by atoms with Crippen LogP contribution in [-0.4, -0.2) is 23.1 Å².